The number of hydrogen-bond acceptors (Lipinski definition) is 6. The summed E-state index contributed by atoms with van der Waals surface area (Å²) in [5.74, 6) is 1.11. The van der Waals surface area contributed by atoms with E-state index < -0.39 is 10.0 Å². The molecule has 0 aliphatic carbocycles. The van der Waals surface area contributed by atoms with Crippen molar-refractivity contribution in [2.45, 2.75) is 18.7 Å². The second-order valence-corrected chi connectivity index (χ2v) is 5.94. The lowest BCUT2D eigenvalue weighted by Gasteiger charge is -2.12. The monoisotopic (exact) mass is 312 g/mol. The molecule has 1 aromatic heterocycles. The summed E-state index contributed by atoms with van der Waals surface area (Å²) in [6.45, 7) is 3.10. The van der Waals surface area contributed by atoms with E-state index in [2.05, 4.69) is 9.88 Å². The third-order valence-corrected chi connectivity index (χ3v) is 4.50. The zero-order chi connectivity index (χ0) is 15.6. The summed E-state index contributed by atoms with van der Waals surface area (Å²) in [4.78, 5) is 0.0207. The molecule has 0 fully saturated rings. The minimum atomic E-state index is -3.83. The van der Waals surface area contributed by atoms with Crippen molar-refractivity contribution < 1.29 is 22.4 Å². The minimum Gasteiger partial charge on any atom is -0.497 e. The molecule has 114 valence electrons. The molecule has 0 unspecified atom stereocenters. The van der Waals surface area contributed by atoms with Crippen molar-refractivity contribution >= 4 is 15.7 Å². The van der Waals surface area contributed by atoms with Gasteiger partial charge in [0.25, 0.3) is 10.0 Å². The van der Waals surface area contributed by atoms with Crippen LogP contribution in [0.25, 0.3) is 0 Å². The van der Waals surface area contributed by atoms with Gasteiger partial charge >= 0.3 is 0 Å². The van der Waals surface area contributed by atoms with Gasteiger partial charge in [-0.2, -0.15) is 0 Å². The Morgan fingerprint density at radius 1 is 1.19 bits per heavy atom. The molecule has 0 radical (unpaired) electrons. The van der Waals surface area contributed by atoms with Gasteiger partial charge in [-0.3, -0.25) is 4.72 Å². The summed E-state index contributed by atoms with van der Waals surface area (Å²) < 4.78 is 42.5. The second kappa shape index (κ2) is 5.65. The van der Waals surface area contributed by atoms with E-state index in [1.165, 1.54) is 27.2 Å². The van der Waals surface area contributed by atoms with Gasteiger partial charge in [0.15, 0.2) is 10.7 Å². The first kappa shape index (κ1) is 15.2. The van der Waals surface area contributed by atoms with Gasteiger partial charge < -0.3 is 14.0 Å². The lowest BCUT2D eigenvalue weighted by Crippen LogP contribution is -2.15. The standard InChI is InChI=1S/C13H16N2O5S/c1-8-13(9(2)20-14-8)21(16,17)15-11-7-10(18-3)5-6-12(11)19-4/h5-7,15H,1-4H3. The van der Waals surface area contributed by atoms with E-state index in [9.17, 15) is 8.42 Å². The molecule has 2 aromatic rings. The summed E-state index contributed by atoms with van der Waals surface area (Å²) in [6.07, 6.45) is 0. The van der Waals surface area contributed by atoms with Gasteiger partial charge in [-0.1, -0.05) is 5.16 Å². The number of anilines is 1. The lowest BCUT2D eigenvalue weighted by atomic mass is 10.3. The number of methoxy groups -OCH3 is 2. The van der Waals surface area contributed by atoms with Crippen LogP contribution in [0.15, 0.2) is 27.6 Å². The number of nitrogens with zero attached hydrogens (tertiary/aromatic N) is 1. The number of aromatic nitrogens is 1. The molecule has 1 aromatic carbocycles. The van der Waals surface area contributed by atoms with Crippen LogP contribution < -0.4 is 14.2 Å². The number of sulfonamides is 1. The highest BCUT2D eigenvalue weighted by molar-refractivity contribution is 7.92. The van der Waals surface area contributed by atoms with Crippen LogP contribution in [0, 0.1) is 13.8 Å². The average Bonchev–Trinajstić information content (AvgIpc) is 2.78. The number of hydrogen-bond donors (Lipinski definition) is 1. The first-order valence-corrected chi connectivity index (χ1v) is 7.55. The Bertz CT molecular complexity index is 732. The molecule has 21 heavy (non-hydrogen) atoms. The second-order valence-electron chi connectivity index (χ2n) is 4.33. The Kier molecular flexibility index (Phi) is 4.08. The Labute approximate surface area is 122 Å². The molecule has 1 heterocycles. The molecule has 0 amide bonds. The highest BCUT2D eigenvalue weighted by Crippen LogP contribution is 2.31. The van der Waals surface area contributed by atoms with Crippen molar-refractivity contribution in [3.8, 4) is 11.5 Å². The SMILES string of the molecule is COc1ccc(OC)c(NS(=O)(=O)c2c(C)noc2C)c1. The smallest absolute Gasteiger partial charge is 0.267 e. The molecule has 0 bridgehead atoms. The first-order chi connectivity index (χ1) is 9.89. The quantitative estimate of drug-likeness (QED) is 0.909. The van der Waals surface area contributed by atoms with Crippen LogP contribution in [0.1, 0.15) is 11.5 Å². The number of benzene rings is 1. The highest BCUT2D eigenvalue weighted by atomic mass is 32.2. The van der Waals surface area contributed by atoms with E-state index in [-0.39, 0.29) is 16.3 Å². The molecule has 7 nitrogen and oxygen atoms in total. The summed E-state index contributed by atoms with van der Waals surface area (Å²) in [7, 11) is -0.882. The van der Waals surface area contributed by atoms with E-state index in [1.807, 2.05) is 0 Å². The fraction of sp³-hybridized carbons (Fsp3) is 0.308. The van der Waals surface area contributed by atoms with Crippen molar-refractivity contribution in [1.82, 2.24) is 5.16 Å². The van der Waals surface area contributed by atoms with Gasteiger partial charge in [0.05, 0.1) is 19.9 Å². The van der Waals surface area contributed by atoms with Crippen LogP contribution in [0.2, 0.25) is 0 Å². The van der Waals surface area contributed by atoms with E-state index in [4.69, 9.17) is 14.0 Å². The molecular formula is C13H16N2O5S. The third-order valence-electron chi connectivity index (χ3n) is 2.89. The van der Waals surface area contributed by atoms with Crippen LogP contribution in [0.4, 0.5) is 5.69 Å². The van der Waals surface area contributed by atoms with Crippen molar-refractivity contribution in [2.75, 3.05) is 18.9 Å². The zero-order valence-electron chi connectivity index (χ0n) is 12.1. The number of ether oxygens (including phenoxy) is 2. The topological polar surface area (TPSA) is 90.7 Å². The summed E-state index contributed by atoms with van der Waals surface area (Å²) in [5.41, 5.74) is 0.568. The van der Waals surface area contributed by atoms with E-state index in [1.54, 1.807) is 19.1 Å². The molecular weight excluding hydrogens is 296 g/mol. The van der Waals surface area contributed by atoms with Crippen LogP contribution >= 0.6 is 0 Å². The third kappa shape index (κ3) is 2.94. The Balaban J connectivity index is 2.46. The maximum absolute atomic E-state index is 12.5. The maximum Gasteiger partial charge on any atom is 0.267 e. The summed E-state index contributed by atoms with van der Waals surface area (Å²) in [6, 6.07) is 4.82. The minimum absolute atomic E-state index is 0.0207. The Morgan fingerprint density at radius 2 is 1.90 bits per heavy atom. The normalized spacial score (nSPS) is 11.2. The van der Waals surface area contributed by atoms with Crippen molar-refractivity contribution in [2.24, 2.45) is 0 Å². The van der Waals surface area contributed by atoms with Gasteiger partial charge in [0.2, 0.25) is 0 Å². The van der Waals surface area contributed by atoms with Gasteiger partial charge in [-0.25, -0.2) is 8.42 Å². The summed E-state index contributed by atoms with van der Waals surface area (Å²) in [5, 5.41) is 3.65. The predicted molar refractivity (Wildman–Crippen MR) is 76.3 cm³/mol. The number of aryl methyl sites for hydroxylation is 2. The predicted octanol–water partition coefficient (Wildman–Crippen LogP) is 2.11. The molecule has 0 atom stereocenters. The average molecular weight is 312 g/mol. The van der Waals surface area contributed by atoms with Crippen LogP contribution in [0.5, 0.6) is 11.5 Å². The Hall–Kier alpha value is -2.22. The molecule has 8 heteroatoms. The van der Waals surface area contributed by atoms with Crippen LogP contribution in [0.3, 0.4) is 0 Å². The van der Waals surface area contributed by atoms with E-state index in [0.717, 1.165) is 0 Å². The van der Waals surface area contributed by atoms with Crippen molar-refractivity contribution in [1.29, 1.82) is 0 Å². The molecule has 0 saturated heterocycles. The largest absolute Gasteiger partial charge is 0.497 e. The molecule has 0 spiro atoms. The molecule has 0 aliphatic heterocycles. The van der Waals surface area contributed by atoms with Crippen LogP contribution in [-0.4, -0.2) is 27.8 Å². The molecule has 1 N–H and O–H groups in total. The lowest BCUT2D eigenvalue weighted by molar-refractivity contribution is 0.390. The van der Waals surface area contributed by atoms with Gasteiger partial charge in [0, 0.05) is 6.07 Å². The summed E-state index contributed by atoms with van der Waals surface area (Å²) >= 11 is 0. The van der Waals surface area contributed by atoms with E-state index in [0.29, 0.717) is 17.2 Å². The zero-order valence-corrected chi connectivity index (χ0v) is 12.9. The highest BCUT2D eigenvalue weighted by Gasteiger charge is 2.25. The maximum atomic E-state index is 12.5. The number of nitrogens with one attached hydrogen (secondary N) is 1. The van der Waals surface area contributed by atoms with Crippen LogP contribution in [-0.2, 0) is 10.0 Å². The first-order valence-electron chi connectivity index (χ1n) is 6.06. The van der Waals surface area contributed by atoms with E-state index >= 15 is 0 Å². The fourth-order valence-electron chi connectivity index (χ4n) is 1.95. The number of rotatable bonds is 5. The van der Waals surface area contributed by atoms with Gasteiger partial charge in [0.1, 0.15) is 17.2 Å². The fourth-order valence-corrected chi connectivity index (χ4v) is 3.34. The van der Waals surface area contributed by atoms with Crippen molar-refractivity contribution in [3.63, 3.8) is 0 Å². The molecule has 0 saturated carbocycles. The van der Waals surface area contributed by atoms with Gasteiger partial charge in [-0.05, 0) is 26.0 Å². The molecule has 0 aliphatic rings. The van der Waals surface area contributed by atoms with Crippen molar-refractivity contribution in [3.05, 3.63) is 29.7 Å². The Morgan fingerprint density at radius 3 is 2.43 bits per heavy atom. The van der Waals surface area contributed by atoms with Gasteiger partial charge in [-0.15, -0.1) is 0 Å². The molecule has 2 rings (SSSR count).